The largest absolute Gasteiger partial charge is 0.493 e. The lowest BCUT2D eigenvalue weighted by atomic mass is 9.95. The van der Waals surface area contributed by atoms with E-state index in [0.29, 0.717) is 17.2 Å². The quantitative estimate of drug-likeness (QED) is 0.419. The van der Waals surface area contributed by atoms with Crippen molar-refractivity contribution < 1.29 is 14.3 Å². The van der Waals surface area contributed by atoms with Crippen LogP contribution in [0, 0.1) is 19.8 Å². The minimum Gasteiger partial charge on any atom is -0.493 e. The molecule has 8 heteroatoms. The van der Waals surface area contributed by atoms with Crippen LogP contribution in [0.2, 0.25) is 0 Å². The summed E-state index contributed by atoms with van der Waals surface area (Å²) >= 11 is 0. The van der Waals surface area contributed by atoms with Gasteiger partial charge in [-0.2, -0.15) is 5.10 Å². The monoisotopic (exact) mass is 485 g/mol. The Bertz CT molecular complexity index is 1410. The highest BCUT2D eigenvalue weighted by Crippen LogP contribution is 2.32. The van der Waals surface area contributed by atoms with Crippen LogP contribution >= 0.6 is 0 Å². The van der Waals surface area contributed by atoms with Gasteiger partial charge in [-0.25, -0.2) is 9.50 Å². The van der Waals surface area contributed by atoms with Crippen molar-refractivity contribution in [2.45, 2.75) is 26.7 Å². The smallest absolute Gasteiger partial charge is 0.227 e. The number of aryl methyl sites for hydroxylation is 2. The molecular formula is C28H31N5O3. The van der Waals surface area contributed by atoms with Gasteiger partial charge in [0.05, 0.1) is 19.9 Å². The van der Waals surface area contributed by atoms with Crippen molar-refractivity contribution >= 4 is 22.9 Å². The van der Waals surface area contributed by atoms with Gasteiger partial charge in [0.1, 0.15) is 5.52 Å². The molecule has 5 rings (SSSR count). The van der Waals surface area contributed by atoms with Crippen LogP contribution in [0.5, 0.6) is 11.5 Å². The van der Waals surface area contributed by atoms with Crippen LogP contribution in [0.4, 0.5) is 11.5 Å². The molecule has 36 heavy (non-hydrogen) atoms. The Labute approximate surface area is 210 Å². The maximum Gasteiger partial charge on any atom is 0.227 e. The lowest BCUT2D eigenvalue weighted by Gasteiger charge is -2.32. The molecule has 2 aromatic carbocycles. The first-order valence-electron chi connectivity index (χ1n) is 12.2. The fourth-order valence-electron chi connectivity index (χ4n) is 4.81. The van der Waals surface area contributed by atoms with E-state index in [2.05, 4.69) is 53.3 Å². The standard InChI is InChI=1S/C28H31N5O3/c1-18-5-6-19(2)22(15-18)23-17-24-27(29-11-14-33(24)31-23)32-12-9-20(10-13-32)28(34)30-21-7-8-25(35-3)26(16-21)36-4/h5-8,11,14-17,20H,9-10,12-13H2,1-4H3,(H,30,34). The van der Waals surface area contributed by atoms with E-state index in [1.165, 1.54) is 11.1 Å². The Morgan fingerprint density at radius 1 is 1.00 bits per heavy atom. The van der Waals surface area contributed by atoms with Gasteiger partial charge in [-0.15, -0.1) is 0 Å². The zero-order chi connectivity index (χ0) is 25.2. The summed E-state index contributed by atoms with van der Waals surface area (Å²) in [4.78, 5) is 19.9. The zero-order valence-corrected chi connectivity index (χ0v) is 21.1. The Morgan fingerprint density at radius 3 is 2.53 bits per heavy atom. The average molecular weight is 486 g/mol. The van der Waals surface area contributed by atoms with Crippen molar-refractivity contribution in [3.05, 3.63) is 66.0 Å². The molecule has 0 aliphatic carbocycles. The molecule has 1 aliphatic rings. The van der Waals surface area contributed by atoms with Crippen LogP contribution in [0.1, 0.15) is 24.0 Å². The van der Waals surface area contributed by atoms with E-state index in [0.717, 1.165) is 48.5 Å². The maximum absolute atomic E-state index is 13.0. The molecular weight excluding hydrogens is 454 g/mol. The first-order valence-corrected chi connectivity index (χ1v) is 12.2. The molecule has 1 aliphatic heterocycles. The summed E-state index contributed by atoms with van der Waals surface area (Å²) in [5, 5.41) is 7.85. The number of benzene rings is 2. The number of ether oxygens (including phenoxy) is 2. The Kier molecular flexibility index (Phi) is 6.50. The summed E-state index contributed by atoms with van der Waals surface area (Å²) < 4.78 is 12.5. The summed E-state index contributed by atoms with van der Waals surface area (Å²) in [6.45, 7) is 5.70. The second-order valence-corrected chi connectivity index (χ2v) is 9.25. The number of fused-ring (bicyclic) bond motifs is 1. The lowest BCUT2D eigenvalue weighted by Crippen LogP contribution is -2.38. The summed E-state index contributed by atoms with van der Waals surface area (Å²) in [5.74, 6) is 2.08. The molecule has 2 aromatic heterocycles. The van der Waals surface area contributed by atoms with Crippen LogP contribution in [0.15, 0.2) is 54.9 Å². The molecule has 0 saturated carbocycles. The molecule has 1 fully saturated rings. The molecule has 186 valence electrons. The summed E-state index contributed by atoms with van der Waals surface area (Å²) in [5.41, 5.74) is 6.15. The van der Waals surface area contributed by atoms with E-state index < -0.39 is 0 Å². The lowest BCUT2D eigenvalue weighted by molar-refractivity contribution is -0.120. The molecule has 0 spiro atoms. The third-order valence-electron chi connectivity index (χ3n) is 6.85. The summed E-state index contributed by atoms with van der Waals surface area (Å²) in [6.07, 6.45) is 5.18. The van der Waals surface area contributed by atoms with Crippen molar-refractivity contribution in [1.29, 1.82) is 0 Å². The molecule has 8 nitrogen and oxygen atoms in total. The van der Waals surface area contributed by atoms with Gasteiger partial charge in [-0.05, 0) is 56.5 Å². The van der Waals surface area contributed by atoms with E-state index in [9.17, 15) is 4.79 Å². The van der Waals surface area contributed by atoms with Crippen molar-refractivity contribution in [2.75, 3.05) is 37.5 Å². The van der Waals surface area contributed by atoms with Crippen molar-refractivity contribution in [2.24, 2.45) is 5.92 Å². The maximum atomic E-state index is 13.0. The Morgan fingerprint density at radius 2 is 1.78 bits per heavy atom. The van der Waals surface area contributed by atoms with E-state index in [4.69, 9.17) is 14.6 Å². The number of hydrogen-bond donors (Lipinski definition) is 1. The van der Waals surface area contributed by atoms with E-state index in [-0.39, 0.29) is 11.8 Å². The van der Waals surface area contributed by atoms with E-state index in [1.807, 2.05) is 16.8 Å². The molecule has 0 unspecified atom stereocenters. The van der Waals surface area contributed by atoms with Gasteiger partial charge in [0.2, 0.25) is 5.91 Å². The van der Waals surface area contributed by atoms with Gasteiger partial charge in [-0.3, -0.25) is 4.79 Å². The second kappa shape index (κ2) is 9.89. The van der Waals surface area contributed by atoms with E-state index in [1.54, 1.807) is 32.5 Å². The number of nitrogens with zero attached hydrogens (tertiary/aromatic N) is 4. The van der Waals surface area contributed by atoms with Crippen molar-refractivity contribution in [3.63, 3.8) is 0 Å². The van der Waals surface area contributed by atoms with E-state index >= 15 is 0 Å². The molecule has 0 bridgehead atoms. The first kappa shape index (κ1) is 23.7. The zero-order valence-electron chi connectivity index (χ0n) is 21.1. The first-order chi connectivity index (χ1) is 17.5. The molecule has 0 atom stereocenters. The Hall–Kier alpha value is -4.07. The topological polar surface area (TPSA) is 81.0 Å². The highest BCUT2D eigenvalue weighted by molar-refractivity contribution is 5.93. The third-order valence-corrected chi connectivity index (χ3v) is 6.85. The van der Waals surface area contributed by atoms with Crippen LogP contribution < -0.4 is 19.7 Å². The Balaban J connectivity index is 1.29. The van der Waals surface area contributed by atoms with Crippen LogP contribution in [-0.4, -0.2) is 47.8 Å². The van der Waals surface area contributed by atoms with Gasteiger partial charge in [0, 0.05) is 48.7 Å². The predicted molar refractivity (Wildman–Crippen MR) is 141 cm³/mol. The second-order valence-electron chi connectivity index (χ2n) is 9.25. The summed E-state index contributed by atoms with van der Waals surface area (Å²) in [7, 11) is 3.17. The normalized spacial score (nSPS) is 14.2. The number of aromatic nitrogens is 3. The van der Waals surface area contributed by atoms with Crippen molar-refractivity contribution in [1.82, 2.24) is 14.6 Å². The number of amides is 1. The summed E-state index contributed by atoms with van der Waals surface area (Å²) in [6, 6.07) is 13.9. The van der Waals surface area contributed by atoms with Crippen LogP contribution in [0.25, 0.3) is 16.8 Å². The number of methoxy groups -OCH3 is 2. The number of anilines is 2. The number of hydrogen-bond acceptors (Lipinski definition) is 6. The van der Waals surface area contributed by atoms with Gasteiger partial charge >= 0.3 is 0 Å². The highest BCUT2D eigenvalue weighted by Gasteiger charge is 2.27. The molecule has 1 saturated heterocycles. The predicted octanol–water partition coefficient (Wildman–Crippen LogP) is 4.89. The number of carbonyl (C=O) groups excluding carboxylic acids is 1. The molecule has 1 amide bonds. The minimum atomic E-state index is -0.0653. The van der Waals surface area contributed by atoms with Gasteiger partial charge in [-0.1, -0.05) is 17.7 Å². The fourth-order valence-corrected chi connectivity index (χ4v) is 4.81. The van der Waals surface area contributed by atoms with Gasteiger partial charge < -0.3 is 19.7 Å². The van der Waals surface area contributed by atoms with Gasteiger partial charge in [0.15, 0.2) is 17.3 Å². The van der Waals surface area contributed by atoms with Crippen LogP contribution in [0.3, 0.4) is 0 Å². The fraction of sp³-hybridized carbons (Fsp3) is 0.321. The van der Waals surface area contributed by atoms with Crippen LogP contribution in [-0.2, 0) is 4.79 Å². The van der Waals surface area contributed by atoms with Gasteiger partial charge in [0.25, 0.3) is 0 Å². The SMILES string of the molecule is COc1ccc(NC(=O)C2CCN(c3nccn4nc(-c5cc(C)ccc5C)cc34)CC2)cc1OC. The number of rotatable bonds is 6. The average Bonchev–Trinajstić information content (AvgIpc) is 3.34. The number of piperidine rings is 1. The number of nitrogens with one attached hydrogen (secondary N) is 1. The van der Waals surface area contributed by atoms with Crippen molar-refractivity contribution in [3.8, 4) is 22.8 Å². The molecule has 3 heterocycles. The third kappa shape index (κ3) is 4.58. The highest BCUT2D eigenvalue weighted by atomic mass is 16.5. The minimum absolute atomic E-state index is 0.0228. The molecule has 1 N–H and O–H groups in total. The molecule has 0 radical (unpaired) electrons. The number of carbonyl (C=O) groups is 1. The molecule has 4 aromatic rings.